The Hall–Kier alpha value is -1.92. The molecule has 1 amide bonds. The molecule has 0 spiro atoms. The fourth-order valence-corrected chi connectivity index (χ4v) is 8.37. The van der Waals surface area contributed by atoms with E-state index >= 15 is 0 Å². The summed E-state index contributed by atoms with van der Waals surface area (Å²) in [6.07, 6.45) is 64.3. The number of esters is 1. The van der Waals surface area contributed by atoms with Crippen molar-refractivity contribution in [1.82, 2.24) is 5.32 Å². The van der Waals surface area contributed by atoms with Gasteiger partial charge in [0.1, 0.15) is 0 Å². The summed E-state index contributed by atoms with van der Waals surface area (Å²) in [6.45, 7) is 4.82. The summed E-state index contributed by atoms with van der Waals surface area (Å²) in [5.41, 5.74) is 0. The number of aliphatic hydroxyl groups is 2. The molecule has 0 aromatic carbocycles. The van der Waals surface area contributed by atoms with Crippen LogP contribution < -0.4 is 5.32 Å². The van der Waals surface area contributed by atoms with Crippen LogP contribution in [-0.2, 0) is 14.3 Å². The first-order chi connectivity index (χ1) is 31.0. The Bertz CT molecular complexity index is 1020. The molecule has 6 heteroatoms. The molecule has 370 valence electrons. The fraction of sp³-hybridized carbons (Fsp3) is 0.860. The SMILES string of the molecule is CCCCC/C=C\C/C=C\CCCCCCCCCCCC(=O)OCCCCCCCCCCCC(=O)NC(CO)C(O)/C=C/CCCCCCCCCCCCCCCCCC. The minimum atomic E-state index is -0.863. The Morgan fingerprint density at radius 1 is 0.444 bits per heavy atom. The van der Waals surface area contributed by atoms with Crippen LogP contribution >= 0.6 is 0 Å². The van der Waals surface area contributed by atoms with Crippen LogP contribution in [0.1, 0.15) is 290 Å². The first-order valence-electron chi connectivity index (χ1n) is 27.8. The molecule has 63 heavy (non-hydrogen) atoms. The number of rotatable bonds is 51. The quantitative estimate of drug-likeness (QED) is 0.0321. The van der Waals surface area contributed by atoms with Gasteiger partial charge in [0.05, 0.1) is 25.4 Å². The van der Waals surface area contributed by atoms with Crippen LogP contribution in [-0.4, -0.2) is 47.4 Å². The van der Waals surface area contributed by atoms with Crippen LogP contribution in [0.5, 0.6) is 0 Å². The second-order valence-corrected chi connectivity index (χ2v) is 18.9. The van der Waals surface area contributed by atoms with Gasteiger partial charge in [0.15, 0.2) is 0 Å². The van der Waals surface area contributed by atoms with Crippen molar-refractivity contribution in [3.63, 3.8) is 0 Å². The first-order valence-corrected chi connectivity index (χ1v) is 27.8. The number of carbonyl (C=O) groups is 2. The van der Waals surface area contributed by atoms with E-state index in [2.05, 4.69) is 43.5 Å². The Balaban J connectivity index is 3.51. The Morgan fingerprint density at radius 3 is 1.24 bits per heavy atom. The molecule has 3 N–H and O–H groups in total. The standard InChI is InChI=1S/C57H107NO5/c1-3-5-7-9-11-13-15-17-19-21-23-25-27-29-31-35-39-43-47-51-57(62)63-52-48-44-40-36-32-34-38-42-46-50-56(61)58-54(53-59)55(60)49-45-41-37-33-30-28-26-24-22-20-18-16-14-12-10-8-6-4-2/h11,13,17,19,45,49,54-55,59-60H,3-10,12,14-16,18,20-44,46-48,50-53H2,1-2H3,(H,58,61)/b13-11-,19-17-,49-45+. The lowest BCUT2D eigenvalue weighted by atomic mass is 10.0. The van der Waals surface area contributed by atoms with E-state index < -0.39 is 12.1 Å². The summed E-state index contributed by atoms with van der Waals surface area (Å²) >= 11 is 0. The van der Waals surface area contributed by atoms with Crippen LogP contribution in [0.4, 0.5) is 0 Å². The molecule has 2 atom stereocenters. The molecule has 0 aromatic heterocycles. The van der Waals surface area contributed by atoms with Crippen LogP contribution in [0.25, 0.3) is 0 Å². The Labute approximate surface area is 392 Å². The van der Waals surface area contributed by atoms with Crippen molar-refractivity contribution < 1.29 is 24.5 Å². The number of ether oxygens (including phenoxy) is 1. The van der Waals surface area contributed by atoms with Crippen molar-refractivity contribution in [2.24, 2.45) is 0 Å². The number of carbonyl (C=O) groups excluding carboxylic acids is 2. The van der Waals surface area contributed by atoms with E-state index in [4.69, 9.17) is 4.74 Å². The summed E-state index contributed by atoms with van der Waals surface area (Å²) in [5, 5.41) is 23.1. The van der Waals surface area contributed by atoms with E-state index in [9.17, 15) is 19.8 Å². The summed E-state index contributed by atoms with van der Waals surface area (Å²) in [4.78, 5) is 24.5. The third kappa shape index (κ3) is 49.4. The third-order valence-corrected chi connectivity index (χ3v) is 12.7. The minimum Gasteiger partial charge on any atom is -0.466 e. The summed E-state index contributed by atoms with van der Waals surface area (Å²) in [5.74, 6) is -0.126. The van der Waals surface area contributed by atoms with Crippen molar-refractivity contribution in [2.75, 3.05) is 13.2 Å². The lowest BCUT2D eigenvalue weighted by Crippen LogP contribution is -2.45. The molecule has 0 aliphatic heterocycles. The van der Waals surface area contributed by atoms with Crippen molar-refractivity contribution >= 4 is 11.9 Å². The van der Waals surface area contributed by atoms with Gasteiger partial charge in [-0.1, -0.05) is 249 Å². The van der Waals surface area contributed by atoms with Gasteiger partial charge in [-0.3, -0.25) is 9.59 Å². The minimum absolute atomic E-state index is 0.0310. The molecule has 0 bridgehead atoms. The van der Waals surface area contributed by atoms with Crippen molar-refractivity contribution in [1.29, 1.82) is 0 Å². The highest BCUT2D eigenvalue weighted by Gasteiger charge is 2.18. The Kier molecular flexibility index (Phi) is 51.1. The monoisotopic (exact) mass is 886 g/mol. The maximum Gasteiger partial charge on any atom is 0.305 e. The smallest absolute Gasteiger partial charge is 0.305 e. The second kappa shape index (κ2) is 52.7. The van der Waals surface area contributed by atoms with Crippen molar-refractivity contribution in [3.05, 3.63) is 36.5 Å². The first kappa shape index (κ1) is 61.1. The predicted octanol–water partition coefficient (Wildman–Crippen LogP) is 16.9. The summed E-state index contributed by atoms with van der Waals surface area (Å²) in [7, 11) is 0. The van der Waals surface area contributed by atoms with Crippen LogP contribution in [0.15, 0.2) is 36.5 Å². The number of unbranched alkanes of at least 4 members (excludes halogenated alkanes) is 36. The highest BCUT2D eigenvalue weighted by molar-refractivity contribution is 5.76. The predicted molar refractivity (Wildman–Crippen MR) is 273 cm³/mol. The number of amides is 1. The van der Waals surface area contributed by atoms with E-state index in [-0.39, 0.29) is 18.5 Å². The molecule has 2 unspecified atom stereocenters. The van der Waals surface area contributed by atoms with Crippen LogP contribution in [0.3, 0.4) is 0 Å². The zero-order valence-corrected chi connectivity index (χ0v) is 42.1. The van der Waals surface area contributed by atoms with Gasteiger partial charge in [-0.2, -0.15) is 0 Å². The molecular weight excluding hydrogens is 779 g/mol. The second-order valence-electron chi connectivity index (χ2n) is 18.9. The van der Waals surface area contributed by atoms with Gasteiger partial charge < -0.3 is 20.3 Å². The van der Waals surface area contributed by atoms with Crippen molar-refractivity contribution in [2.45, 2.75) is 302 Å². The van der Waals surface area contributed by atoms with Crippen molar-refractivity contribution in [3.8, 4) is 0 Å². The zero-order valence-electron chi connectivity index (χ0n) is 42.1. The molecule has 0 aliphatic carbocycles. The normalized spacial score (nSPS) is 12.9. The number of hydrogen-bond donors (Lipinski definition) is 3. The molecule has 0 heterocycles. The summed E-state index contributed by atoms with van der Waals surface area (Å²) < 4.78 is 5.46. The molecule has 0 rings (SSSR count). The van der Waals surface area contributed by atoms with E-state index in [0.717, 1.165) is 64.2 Å². The van der Waals surface area contributed by atoms with E-state index in [1.807, 2.05) is 6.08 Å². The molecule has 0 aromatic rings. The van der Waals surface area contributed by atoms with E-state index in [1.165, 1.54) is 199 Å². The third-order valence-electron chi connectivity index (χ3n) is 12.7. The number of nitrogens with one attached hydrogen (secondary N) is 1. The van der Waals surface area contributed by atoms with E-state index in [0.29, 0.717) is 19.4 Å². The van der Waals surface area contributed by atoms with Gasteiger partial charge in [0, 0.05) is 12.8 Å². The van der Waals surface area contributed by atoms with Gasteiger partial charge in [0.25, 0.3) is 0 Å². The number of aliphatic hydroxyl groups excluding tert-OH is 2. The highest BCUT2D eigenvalue weighted by Crippen LogP contribution is 2.16. The summed E-state index contributed by atoms with van der Waals surface area (Å²) in [6, 6.07) is -0.649. The maximum atomic E-state index is 12.5. The maximum absolute atomic E-state index is 12.5. The fourth-order valence-electron chi connectivity index (χ4n) is 8.37. The molecule has 0 aliphatic rings. The largest absolute Gasteiger partial charge is 0.466 e. The number of allylic oxidation sites excluding steroid dienone is 5. The van der Waals surface area contributed by atoms with Gasteiger partial charge in [-0.15, -0.1) is 0 Å². The topological polar surface area (TPSA) is 95.9 Å². The van der Waals surface area contributed by atoms with Crippen LogP contribution in [0, 0.1) is 0 Å². The number of hydrogen-bond acceptors (Lipinski definition) is 5. The molecular formula is C57H107NO5. The average molecular weight is 886 g/mol. The van der Waals surface area contributed by atoms with Crippen LogP contribution in [0.2, 0.25) is 0 Å². The van der Waals surface area contributed by atoms with E-state index in [1.54, 1.807) is 6.08 Å². The molecule has 6 nitrogen and oxygen atoms in total. The molecule has 0 radical (unpaired) electrons. The lowest BCUT2D eigenvalue weighted by Gasteiger charge is -2.20. The van der Waals surface area contributed by atoms with Gasteiger partial charge in [-0.25, -0.2) is 0 Å². The zero-order chi connectivity index (χ0) is 45.8. The van der Waals surface area contributed by atoms with Gasteiger partial charge in [0.2, 0.25) is 5.91 Å². The molecule has 0 saturated carbocycles. The molecule has 0 fully saturated rings. The van der Waals surface area contributed by atoms with Gasteiger partial charge in [-0.05, 0) is 64.2 Å². The molecule has 0 saturated heterocycles. The average Bonchev–Trinajstić information content (AvgIpc) is 3.28. The Morgan fingerprint density at radius 2 is 0.794 bits per heavy atom. The lowest BCUT2D eigenvalue weighted by molar-refractivity contribution is -0.143. The highest BCUT2D eigenvalue weighted by atomic mass is 16.5. The van der Waals surface area contributed by atoms with Gasteiger partial charge >= 0.3 is 5.97 Å².